The summed E-state index contributed by atoms with van der Waals surface area (Å²) in [7, 11) is 4.80. The second-order valence-electron chi connectivity index (χ2n) is 5.58. The van der Waals surface area contributed by atoms with Gasteiger partial charge in [0.25, 0.3) is 0 Å². The quantitative estimate of drug-likeness (QED) is 0.767. The van der Waals surface area contributed by atoms with E-state index in [1.165, 1.54) is 0 Å². The minimum absolute atomic E-state index is 0.114. The molecule has 3 aromatic rings. The van der Waals surface area contributed by atoms with E-state index in [-0.39, 0.29) is 5.75 Å². The maximum absolute atomic E-state index is 10.2. The van der Waals surface area contributed by atoms with Crippen molar-refractivity contribution in [2.45, 2.75) is 13.8 Å². The molecular formula is C19H20O5. The van der Waals surface area contributed by atoms with Crippen molar-refractivity contribution in [3.8, 4) is 34.3 Å². The van der Waals surface area contributed by atoms with Crippen molar-refractivity contribution in [2.24, 2.45) is 0 Å². The highest BCUT2D eigenvalue weighted by atomic mass is 16.5. The number of hydrogen-bond acceptors (Lipinski definition) is 5. The van der Waals surface area contributed by atoms with Gasteiger partial charge >= 0.3 is 0 Å². The van der Waals surface area contributed by atoms with E-state index < -0.39 is 0 Å². The van der Waals surface area contributed by atoms with Crippen molar-refractivity contribution in [3.05, 3.63) is 35.4 Å². The van der Waals surface area contributed by atoms with Gasteiger partial charge in [-0.25, -0.2) is 0 Å². The van der Waals surface area contributed by atoms with Crippen LogP contribution in [-0.4, -0.2) is 26.4 Å². The Morgan fingerprint density at radius 2 is 1.62 bits per heavy atom. The molecule has 0 saturated carbocycles. The second-order valence-corrected chi connectivity index (χ2v) is 5.58. The fourth-order valence-corrected chi connectivity index (χ4v) is 2.98. The molecule has 1 heterocycles. The van der Waals surface area contributed by atoms with E-state index in [0.29, 0.717) is 22.5 Å². The molecule has 0 bridgehead atoms. The van der Waals surface area contributed by atoms with E-state index in [0.717, 1.165) is 28.2 Å². The third-order valence-electron chi connectivity index (χ3n) is 4.24. The summed E-state index contributed by atoms with van der Waals surface area (Å²) >= 11 is 0. The number of phenolic OH excluding ortho intramolecular Hbond substituents is 1. The molecule has 1 N–H and O–H groups in total. The van der Waals surface area contributed by atoms with Gasteiger partial charge in [0.1, 0.15) is 34.3 Å². The predicted molar refractivity (Wildman–Crippen MR) is 92.4 cm³/mol. The first-order valence-electron chi connectivity index (χ1n) is 7.53. The fraction of sp³-hybridized carbons (Fsp3) is 0.263. The van der Waals surface area contributed by atoms with E-state index >= 15 is 0 Å². The van der Waals surface area contributed by atoms with Gasteiger partial charge in [-0.15, -0.1) is 0 Å². The van der Waals surface area contributed by atoms with E-state index in [1.807, 2.05) is 19.9 Å². The van der Waals surface area contributed by atoms with E-state index in [9.17, 15) is 5.11 Å². The minimum atomic E-state index is 0.114. The van der Waals surface area contributed by atoms with Crippen LogP contribution in [-0.2, 0) is 0 Å². The summed E-state index contributed by atoms with van der Waals surface area (Å²) in [4.78, 5) is 0. The summed E-state index contributed by atoms with van der Waals surface area (Å²) in [6, 6.07) is 7.03. The molecule has 0 radical (unpaired) electrons. The summed E-state index contributed by atoms with van der Waals surface area (Å²) < 4.78 is 22.1. The van der Waals surface area contributed by atoms with Crippen LogP contribution in [0.15, 0.2) is 28.7 Å². The van der Waals surface area contributed by atoms with Crippen LogP contribution in [0.3, 0.4) is 0 Å². The van der Waals surface area contributed by atoms with E-state index in [2.05, 4.69) is 0 Å². The maximum Gasteiger partial charge on any atom is 0.142 e. The third kappa shape index (κ3) is 2.42. The van der Waals surface area contributed by atoms with Gasteiger partial charge in [-0.1, -0.05) is 0 Å². The number of methoxy groups -OCH3 is 3. The molecule has 5 nitrogen and oxygen atoms in total. The fourth-order valence-electron chi connectivity index (χ4n) is 2.98. The summed E-state index contributed by atoms with van der Waals surface area (Å²) in [5, 5.41) is 10.8. The molecule has 0 aliphatic rings. The van der Waals surface area contributed by atoms with E-state index in [1.54, 1.807) is 39.5 Å². The van der Waals surface area contributed by atoms with Crippen LogP contribution < -0.4 is 14.2 Å². The number of phenols is 1. The highest BCUT2D eigenvalue weighted by molar-refractivity contribution is 5.90. The smallest absolute Gasteiger partial charge is 0.142 e. The second kappa shape index (κ2) is 6.00. The molecule has 0 atom stereocenters. The summed E-state index contributed by atoms with van der Waals surface area (Å²) in [6.45, 7) is 3.91. The number of benzene rings is 2. The highest BCUT2D eigenvalue weighted by Crippen LogP contribution is 2.42. The highest BCUT2D eigenvalue weighted by Gasteiger charge is 2.19. The maximum atomic E-state index is 10.2. The molecule has 126 valence electrons. The Balaban J connectivity index is 2.25. The van der Waals surface area contributed by atoms with Crippen LogP contribution in [0, 0.1) is 13.8 Å². The molecule has 0 unspecified atom stereocenters. The Labute approximate surface area is 140 Å². The molecule has 0 fully saturated rings. The third-order valence-corrected chi connectivity index (χ3v) is 4.24. The van der Waals surface area contributed by atoms with Gasteiger partial charge in [-0.3, -0.25) is 0 Å². The Hall–Kier alpha value is -2.82. The first kappa shape index (κ1) is 16.1. The molecule has 24 heavy (non-hydrogen) atoms. The lowest BCUT2D eigenvalue weighted by Gasteiger charge is -2.15. The Morgan fingerprint density at radius 3 is 2.25 bits per heavy atom. The lowest BCUT2D eigenvalue weighted by molar-refractivity contribution is 0.387. The van der Waals surface area contributed by atoms with Gasteiger partial charge < -0.3 is 23.7 Å². The van der Waals surface area contributed by atoms with Gasteiger partial charge in [0.2, 0.25) is 0 Å². The van der Waals surface area contributed by atoms with Gasteiger partial charge in [0, 0.05) is 28.8 Å². The van der Waals surface area contributed by atoms with Crippen molar-refractivity contribution in [1.29, 1.82) is 0 Å². The molecule has 0 saturated heterocycles. The molecule has 0 spiro atoms. The van der Waals surface area contributed by atoms with Crippen LogP contribution in [0.1, 0.15) is 11.1 Å². The van der Waals surface area contributed by atoms with Crippen LogP contribution >= 0.6 is 0 Å². The lowest BCUT2D eigenvalue weighted by Crippen LogP contribution is -1.97. The molecule has 1 aromatic heterocycles. The molecule has 2 aromatic carbocycles. The van der Waals surface area contributed by atoms with Gasteiger partial charge in [-0.05, 0) is 26.0 Å². The molecule has 0 aliphatic carbocycles. The first-order valence-corrected chi connectivity index (χ1v) is 7.53. The number of ether oxygens (including phenoxy) is 3. The number of hydrogen-bond donors (Lipinski definition) is 1. The lowest BCUT2D eigenvalue weighted by atomic mass is 10.0. The van der Waals surface area contributed by atoms with Crippen molar-refractivity contribution in [1.82, 2.24) is 0 Å². The Kier molecular flexibility index (Phi) is 4.01. The van der Waals surface area contributed by atoms with Gasteiger partial charge in [0.15, 0.2) is 0 Å². The average Bonchev–Trinajstić information content (AvgIpc) is 3.00. The van der Waals surface area contributed by atoms with Gasteiger partial charge in [0.05, 0.1) is 26.7 Å². The van der Waals surface area contributed by atoms with Crippen molar-refractivity contribution in [2.75, 3.05) is 21.3 Å². The Bertz CT molecular complexity index is 908. The zero-order valence-electron chi connectivity index (χ0n) is 14.4. The van der Waals surface area contributed by atoms with Crippen LogP contribution in [0.2, 0.25) is 0 Å². The summed E-state index contributed by atoms with van der Waals surface area (Å²) in [5.74, 6) is 2.75. The standard InChI is InChI=1S/C19H20O5/c1-10-13(8-16(22-4)11(2)19(10)23-5)18-9-14-15(20)6-12(21-3)7-17(14)24-18/h6-9,20H,1-5H3. The minimum Gasteiger partial charge on any atom is -0.507 e. The number of rotatable bonds is 4. The zero-order valence-corrected chi connectivity index (χ0v) is 14.4. The van der Waals surface area contributed by atoms with Crippen molar-refractivity contribution < 1.29 is 23.7 Å². The van der Waals surface area contributed by atoms with Gasteiger partial charge in [-0.2, -0.15) is 0 Å². The largest absolute Gasteiger partial charge is 0.507 e. The summed E-state index contributed by atoms with van der Waals surface area (Å²) in [6.07, 6.45) is 0. The summed E-state index contributed by atoms with van der Waals surface area (Å²) in [5.41, 5.74) is 3.28. The predicted octanol–water partition coefficient (Wildman–Crippen LogP) is 4.45. The van der Waals surface area contributed by atoms with Crippen molar-refractivity contribution in [3.63, 3.8) is 0 Å². The Morgan fingerprint density at radius 1 is 0.875 bits per heavy atom. The molecular weight excluding hydrogens is 308 g/mol. The monoisotopic (exact) mass is 328 g/mol. The normalized spacial score (nSPS) is 10.9. The first-order chi connectivity index (χ1) is 11.5. The van der Waals surface area contributed by atoms with E-state index in [4.69, 9.17) is 18.6 Å². The topological polar surface area (TPSA) is 61.1 Å². The molecule has 3 rings (SSSR count). The van der Waals surface area contributed by atoms with Crippen molar-refractivity contribution >= 4 is 11.0 Å². The van der Waals surface area contributed by atoms with Crippen LogP contribution in [0.4, 0.5) is 0 Å². The SMILES string of the molecule is COc1cc(O)c2cc(-c3cc(OC)c(C)c(OC)c3C)oc2c1. The van der Waals surface area contributed by atoms with Crippen LogP contribution in [0.25, 0.3) is 22.3 Å². The molecule has 5 heteroatoms. The zero-order chi connectivity index (χ0) is 17.4. The van der Waals surface area contributed by atoms with Crippen LogP contribution in [0.5, 0.6) is 23.0 Å². The number of aromatic hydroxyl groups is 1. The average molecular weight is 328 g/mol. The molecule has 0 amide bonds. The molecule has 0 aliphatic heterocycles. The number of furan rings is 1. The number of fused-ring (bicyclic) bond motifs is 1.